The Hall–Kier alpha value is -1.14. The minimum atomic E-state index is -0.373. The van der Waals surface area contributed by atoms with Gasteiger partial charge < -0.3 is 10.6 Å². The fourth-order valence-corrected chi connectivity index (χ4v) is 2.49. The van der Waals surface area contributed by atoms with Crippen LogP contribution in [0.25, 0.3) is 0 Å². The number of nitrogens with one attached hydrogen (secondary N) is 2. The van der Waals surface area contributed by atoms with Crippen LogP contribution in [0.3, 0.4) is 0 Å². The number of piperidine rings is 1. The van der Waals surface area contributed by atoms with Gasteiger partial charge in [-0.25, -0.2) is 0 Å². The number of rotatable bonds is 4. The van der Waals surface area contributed by atoms with Crippen LogP contribution >= 0.6 is 15.9 Å². The lowest BCUT2D eigenvalue weighted by Crippen LogP contribution is -2.31. The van der Waals surface area contributed by atoms with Crippen molar-refractivity contribution in [1.29, 1.82) is 0 Å². The molecule has 0 bridgehead atoms. The Morgan fingerprint density at radius 1 is 1.44 bits per heavy atom. The van der Waals surface area contributed by atoms with Crippen molar-refractivity contribution in [3.8, 4) is 0 Å². The van der Waals surface area contributed by atoms with E-state index < -0.39 is 0 Å². The van der Waals surface area contributed by atoms with Crippen molar-refractivity contribution in [2.75, 3.05) is 25.0 Å². The maximum atomic E-state index is 10.7. The molecular weight excluding hydrogens is 298 g/mol. The Bertz CT molecular complexity index is 433. The SMILES string of the molecule is O=[N+]([O-])c1ccc(Br)c(NCC2CCNCC2)c1. The molecule has 0 radical (unpaired) electrons. The molecule has 1 aliphatic heterocycles. The highest BCUT2D eigenvalue weighted by Crippen LogP contribution is 2.27. The summed E-state index contributed by atoms with van der Waals surface area (Å²) >= 11 is 3.41. The van der Waals surface area contributed by atoms with Crippen LogP contribution in [0.1, 0.15) is 12.8 Å². The zero-order chi connectivity index (χ0) is 13.0. The summed E-state index contributed by atoms with van der Waals surface area (Å²) in [6.45, 7) is 2.98. The average Bonchev–Trinajstić information content (AvgIpc) is 2.38. The van der Waals surface area contributed by atoms with E-state index in [0.29, 0.717) is 5.92 Å². The van der Waals surface area contributed by atoms with Crippen LogP contribution in [0.2, 0.25) is 0 Å². The highest BCUT2D eigenvalue weighted by Gasteiger charge is 2.14. The van der Waals surface area contributed by atoms with Crippen LogP contribution in [0.4, 0.5) is 11.4 Å². The van der Waals surface area contributed by atoms with Crippen LogP contribution in [-0.4, -0.2) is 24.6 Å². The predicted octanol–water partition coefficient (Wildman–Crippen LogP) is 2.77. The molecule has 0 unspecified atom stereocenters. The van der Waals surface area contributed by atoms with Crippen molar-refractivity contribution in [3.05, 3.63) is 32.8 Å². The Kier molecular flexibility index (Phi) is 4.54. The minimum Gasteiger partial charge on any atom is -0.384 e. The fourth-order valence-electron chi connectivity index (χ4n) is 2.10. The Morgan fingerprint density at radius 2 is 2.17 bits per heavy atom. The fraction of sp³-hybridized carbons (Fsp3) is 0.500. The number of anilines is 1. The second-order valence-corrected chi connectivity index (χ2v) is 5.35. The number of nitro benzene ring substituents is 1. The van der Waals surface area contributed by atoms with E-state index in [9.17, 15) is 10.1 Å². The normalized spacial score (nSPS) is 16.5. The lowest BCUT2D eigenvalue weighted by atomic mass is 9.98. The molecule has 2 N–H and O–H groups in total. The quantitative estimate of drug-likeness (QED) is 0.662. The van der Waals surface area contributed by atoms with E-state index in [4.69, 9.17) is 0 Å². The van der Waals surface area contributed by atoms with Gasteiger partial charge in [0.1, 0.15) is 0 Å². The Labute approximate surface area is 114 Å². The van der Waals surface area contributed by atoms with Crippen molar-refractivity contribution in [1.82, 2.24) is 5.32 Å². The number of nitro groups is 1. The summed E-state index contributed by atoms with van der Waals surface area (Å²) in [6, 6.07) is 4.79. The van der Waals surface area contributed by atoms with Gasteiger partial charge in [0.05, 0.1) is 10.6 Å². The topological polar surface area (TPSA) is 67.2 Å². The van der Waals surface area contributed by atoms with E-state index in [2.05, 4.69) is 26.6 Å². The summed E-state index contributed by atoms with van der Waals surface area (Å²) in [7, 11) is 0. The van der Waals surface area contributed by atoms with Gasteiger partial charge in [-0.1, -0.05) is 0 Å². The lowest BCUT2D eigenvalue weighted by Gasteiger charge is -2.23. The molecule has 1 fully saturated rings. The summed E-state index contributed by atoms with van der Waals surface area (Å²) < 4.78 is 0.863. The van der Waals surface area contributed by atoms with Crippen molar-refractivity contribution in [3.63, 3.8) is 0 Å². The molecule has 1 aromatic carbocycles. The third kappa shape index (κ3) is 3.43. The van der Waals surface area contributed by atoms with E-state index in [0.717, 1.165) is 42.6 Å². The zero-order valence-electron chi connectivity index (χ0n) is 9.99. The van der Waals surface area contributed by atoms with E-state index >= 15 is 0 Å². The molecule has 0 amide bonds. The number of benzene rings is 1. The van der Waals surface area contributed by atoms with Crippen molar-refractivity contribution >= 4 is 27.3 Å². The Balaban J connectivity index is 1.99. The second kappa shape index (κ2) is 6.15. The van der Waals surface area contributed by atoms with E-state index in [1.54, 1.807) is 12.1 Å². The molecule has 1 aliphatic rings. The van der Waals surface area contributed by atoms with E-state index in [1.165, 1.54) is 6.07 Å². The molecule has 1 heterocycles. The first-order valence-corrected chi connectivity index (χ1v) is 6.84. The standard InChI is InChI=1S/C12H16BrN3O2/c13-11-2-1-10(16(17)18)7-12(11)15-8-9-3-5-14-6-4-9/h1-2,7,9,14-15H,3-6,8H2. The molecule has 5 nitrogen and oxygen atoms in total. The predicted molar refractivity (Wildman–Crippen MR) is 74.9 cm³/mol. The van der Waals surface area contributed by atoms with Crippen molar-refractivity contribution < 1.29 is 4.92 Å². The van der Waals surface area contributed by atoms with Gasteiger partial charge in [-0.3, -0.25) is 10.1 Å². The molecule has 2 rings (SSSR count). The molecule has 1 saturated heterocycles. The smallest absolute Gasteiger partial charge is 0.271 e. The van der Waals surface area contributed by atoms with Crippen molar-refractivity contribution in [2.24, 2.45) is 5.92 Å². The first kappa shape index (κ1) is 13.3. The largest absolute Gasteiger partial charge is 0.384 e. The number of halogens is 1. The maximum Gasteiger partial charge on any atom is 0.271 e. The Morgan fingerprint density at radius 3 is 2.83 bits per heavy atom. The highest BCUT2D eigenvalue weighted by molar-refractivity contribution is 9.10. The van der Waals surface area contributed by atoms with Gasteiger partial charge >= 0.3 is 0 Å². The number of nitrogens with zero attached hydrogens (tertiary/aromatic N) is 1. The van der Waals surface area contributed by atoms with Crippen LogP contribution in [-0.2, 0) is 0 Å². The van der Waals surface area contributed by atoms with Gasteiger partial charge in [0.25, 0.3) is 5.69 Å². The van der Waals surface area contributed by atoms with Crippen LogP contribution in [0.15, 0.2) is 22.7 Å². The summed E-state index contributed by atoms with van der Waals surface area (Å²) in [5.74, 6) is 0.636. The minimum absolute atomic E-state index is 0.117. The summed E-state index contributed by atoms with van der Waals surface area (Å²) in [5.41, 5.74) is 0.911. The molecule has 0 aliphatic carbocycles. The third-order valence-corrected chi connectivity index (χ3v) is 3.89. The monoisotopic (exact) mass is 313 g/mol. The maximum absolute atomic E-state index is 10.7. The average molecular weight is 314 g/mol. The molecule has 0 saturated carbocycles. The molecule has 18 heavy (non-hydrogen) atoms. The van der Waals surface area contributed by atoms with E-state index in [1.807, 2.05) is 0 Å². The molecule has 1 aromatic rings. The van der Waals surface area contributed by atoms with Gasteiger partial charge in [-0.15, -0.1) is 0 Å². The molecule has 6 heteroatoms. The molecule has 0 aromatic heterocycles. The molecule has 98 valence electrons. The number of non-ortho nitro benzene ring substituents is 1. The lowest BCUT2D eigenvalue weighted by molar-refractivity contribution is -0.384. The van der Waals surface area contributed by atoms with E-state index in [-0.39, 0.29) is 10.6 Å². The van der Waals surface area contributed by atoms with Gasteiger partial charge in [0.15, 0.2) is 0 Å². The highest BCUT2D eigenvalue weighted by atomic mass is 79.9. The number of hydrogen-bond donors (Lipinski definition) is 2. The summed E-state index contributed by atoms with van der Waals surface area (Å²) in [6.07, 6.45) is 2.30. The first-order valence-electron chi connectivity index (χ1n) is 6.05. The molecule has 0 atom stereocenters. The first-order chi connectivity index (χ1) is 8.66. The zero-order valence-corrected chi connectivity index (χ0v) is 11.6. The summed E-state index contributed by atoms with van der Waals surface area (Å²) in [4.78, 5) is 10.4. The number of hydrogen-bond acceptors (Lipinski definition) is 4. The second-order valence-electron chi connectivity index (χ2n) is 4.50. The molecule has 0 spiro atoms. The third-order valence-electron chi connectivity index (χ3n) is 3.20. The van der Waals surface area contributed by atoms with Gasteiger partial charge in [0, 0.05) is 23.2 Å². The van der Waals surface area contributed by atoms with Crippen molar-refractivity contribution in [2.45, 2.75) is 12.8 Å². The molecular formula is C12H16BrN3O2. The van der Waals surface area contributed by atoms with Crippen LogP contribution in [0.5, 0.6) is 0 Å². The van der Waals surface area contributed by atoms with Crippen LogP contribution < -0.4 is 10.6 Å². The van der Waals surface area contributed by atoms with Gasteiger partial charge in [-0.2, -0.15) is 0 Å². The summed E-state index contributed by atoms with van der Waals surface area (Å²) in [5, 5.41) is 17.3. The van der Waals surface area contributed by atoms with Gasteiger partial charge in [0.2, 0.25) is 0 Å². The van der Waals surface area contributed by atoms with Crippen LogP contribution in [0, 0.1) is 16.0 Å². The van der Waals surface area contributed by atoms with Gasteiger partial charge in [-0.05, 0) is 53.8 Å².